The number of benzene rings is 1. The molecular weight excluding hydrogens is 458 g/mol. The van der Waals surface area contributed by atoms with Crippen LogP contribution >= 0.6 is 0 Å². The lowest BCUT2D eigenvalue weighted by Crippen LogP contribution is -2.50. The molecule has 2 N–H and O–H groups in total. The van der Waals surface area contributed by atoms with E-state index in [1.165, 1.54) is 16.8 Å². The van der Waals surface area contributed by atoms with E-state index in [0.717, 1.165) is 43.6 Å². The number of aliphatic hydroxyl groups is 2. The van der Waals surface area contributed by atoms with Crippen LogP contribution in [0.15, 0.2) is 18.2 Å². The second-order valence-electron chi connectivity index (χ2n) is 10.4. The van der Waals surface area contributed by atoms with Crippen molar-refractivity contribution in [2.75, 3.05) is 50.8 Å². The Morgan fingerprint density at radius 3 is 2.58 bits per heavy atom. The summed E-state index contributed by atoms with van der Waals surface area (Å²) in [5.74, 6) is -0.457. The van der Waals surface area contributed by atoms with E-state index in [2.05, 4.69) is 42.0 Å². The van der Waals surface area contributed by atoms with Crippen LogP contribution < -0.4 is 4.90 Å². The first-order valence-electron chi connectivity index (χ1n) is 13.1. The molecule has 3 heterocycles. The highest BCUT2D eigenvalue weighted by Crippen LogP contribution is 2.28. The van der Waals surface area contributed by atoms with Gasteiger partial charge in [-0.25, -0.2) is 0 Å². The Balaban J connectivity index is 1.25. The standard InChI is InChI=1S/C27H37N5O4/c1-18-5-3-7-22(19(18)2)29-11-13-30(14-12-29)25(35)16-32-23-8-4-6-21(23)26(28-32)27(36)31-10-9-24(34)20(15-31)17-33/h3,5,7,20,24,33-34H,4,6,8-17H2,1-2H3. The minimum Gasteiger partial charge on any atom is -0.396 e. The Bertz CT molecular complexity index is 1140. The number of likely N-dealkylation sites (tertiary alicyclic amines) is 1. The second kappa shape index (κ2) is 10.2. The molecule has 3 aliphatic rings. The van der Waals surface area contributed by atoms with Crippen molar-refractivity contribution in [1.29, 1.82) is 0 Å². The van der Waals surface area contributed by atoms with Gasteiger partial charge in [0.05, 0.1) is 12.7 Å². The number of piperidine rings is 1. The number of carbonyl (C=O) groups is 2. The Morgan fingerprint density at radius 2 is 1.83 bits per heavy atom. The van der Waals surface area contributed by atoms with E-state index >= 15 is 0 Å². The number of aryl methyl sites for hydroxylation is 1. The highest BCUT2D eigenvalue weighted by atomic mass is 16.3. The average molecular weight is 496 g/mol. The number of hydrogen-bond acceptors (Lipinski definition) is 6. The molecule has 1 aliphatic carbocycles. The molecular formula is C27H37N5O4. The zero-order valence-electron chi connectivity index (χ0n) is 21.3. The Labute approximate surface area is 212 Å². The predicted octanol–water partition coefficient (Wildman–Crippen LogP) is 1.15. The summed E-state index contributed by atoms with van der Waals surface area (Å²) in [6.45, 7) is 7.96. The molecule has 9 heteroatoms. The summed E-state index contributed by atoms with van der Waals surface area (Å²) in [5.41, 5.74) is 6.19. The molecule has 0 bridgehead atoms. The molecule has 2 aliphatic heterocycles. The van der Waals surface area contributed by atoms with Gasteiger partial charge in [0.15, 0.2) is 5.69 Å². The quantitative estimate of drug-likeness (QED) is 0.645. The number of piperazine rings is 1. The fourth-order valence-electron chi connectivity index (χ4n) is 5.85. The van der Waals surface area contributed by atoms with Gasteiger partial charge in [-0.05, 0) is 56.7 Å². The Hall–Kier alpha value is -2.91. The third-order valence-corrected chi connectivity index (χ3v) is 8.26. The molecule has 2 saturated heterocycles. The molecule has 2 amide bonds. The van der Waals surface area contributed by atoms with E-state index in [4.69, 9.17) is 0 Å². The molecule has 0 saturated carbocycles. The third kappa shape index (κ3) is 4.62. The molecule has 36 heavy (non-hydrogen) atoms. The van der Waals surface area contributed by atoms with Crippen LogP contribution in [-0.4, -0.2) is 93.6 Å². The van der Waals surface area contributed by atoms with Crippen molar-refractivity contribution in [2.24, 2.45) is 5.92 Å². The number of rotatable bonds is 5. The molecule has 2 aromatic rings. The molecule has 9 nitrogen and oxygen atoms in total. The van der Waals surface area contributed by atoms with Crippen molar-refractivity contribution in [3.05, 3.63) is 46.3 Å². The lowest BCUT2D eigenvalue weighted by molar-refractivity contribution is -0.132. The van der Waals surface area contributed by atoms with Crippen molar-refractivity contribution in [1.82, 2.24) is 19.6 Å². The van der Waals surface area contributed by atoms with Gasteiger partial charge in [0.2, 0.25) is 5.91 Å². The summed E-state index contributed by atoms with van der Waals surface area (Å²) < 4.78 is 1.75. The van der Waals surface area contributed by atoms with Crippen molar-refractivity contribution >= 4 is 17.5 Å². The molecule has 1 aromatic heterocycles. The van der Waals surface area contributed by atoms with Gasteiger partial charge in [-0.2, -0.15) is 5.10 Å². The lowest BCUT2D eigenvalue weighted by Gasteiger charge is -2.37. The van der Waals surface area contributed by atoms with Crippen LogP contribution in [0.4, 0.5) is 5.69 Å². The van der Waals surface area contributed by atoms with Crippen molar-refractivity contribution in [3.63, 3.8) is 0 Å². The number of nitrogens with zero attached hydrogens (tertiary/aromatic N) is 5. The number of aliphatic hydroxyl groups excluding tert-OH is 2. The average Bonchev–Trinajstić information content (AvgIpc) is 3.50. The zero-order chi connectivity index (χ0) is 25.4. The van der Waals surface area contributed by atoms with Gasteiger partial charge >= 0.3 is 0 Å². The highest BCUT2D eigenvalue weighted by Gasteiger charge is 2.35. The first-order valence-corrected chi connectivity index (χ1v) is 13.1. The van der Waals surface area contributed by atoms with Crippen LogP contribution in [0.25, 0.3) is 0 Å². The molecule has 2 fully saturated rings. The molecule has 2 unspecified atom stereocenters. The van der Waals surface area contributed by atoms with Crippen LogP contribution in [0.5, 0.6) is 0 Å². The minimum absolute atomic E-state index is 0.0354. The maximum Gasteiger partial charge on any atom is 0.274 e. The van der Waals surface area contributed by atoms with Crippen LogP contribution in [0.1, 0.15) is 45.7 Å². The van der Waals surface area contributed by atoms with Crippen LogP contribution in [0, 0.1) is 19.8 Å². The highest BCUT2D eigenvalue weighted by molar-refractivity contribution is 5.94. The Kier molecular flexibility index (Phi) is 7.03. The predicted molar refractivity (Wildman–Crippen MR) is 136 cm³/mol. The summed E-state index contributed by atoms with van der Waals surface area (Å²) >= 11 is 0. The molecule has 0 radical (unpaired) electrons. The summed E-state index contributed by atoms with van der Waals surface area (Å²) in [6.07, 6.45) is 2.43. The topological polar surface area (TPSA) is 102 Å². The number of aromatic nitrogens is 2. The monoisotopic (exact) mass is 495 g/mol. The lowest BCUT2D eigenvalue weighted by atomic mass is 9.95. The molecule has 194 valence electrons. The fourth-order valence-corrected chi connectivity index (χ4v) is 5.85. The summed E-state index contributed by atoms with van der Waals surface area (Å²) in [4.78, 5) is 32.5. The molecule has 0 spiro atoms. The molecule has 2 atom stereocenters. The second-order valence-corrected chi connectivity index (χ2v) is 10.4. The van der Waals surface area contributed by atoms with Crippen molar-refractivity contribution < 1.29 is 19.8 Å². The maximum atomic E-state index is 13.3. The number of hydrogen-bond donors (Lipinski definition) is 2. The smallest absolute Gasteiger partial charge is 0.274 e. The number of anilines is 1. The summed E-state index contributed by atoms with van der Waals surface area (Å²) in [7, 11) is 0. The van der Waals surface area contributed by atoms with E-state index in [-0.39, 0.29) is 30.9 Å². The third-order valence-electron chi connectivity index (χ3n) is 8.26. The van der Waals surface area contributed by atoms with Crippen molar-refractivity contribution in [2.45, 2.75) is 52.2 Å². The van der Waals surface area contributed by atoms with E-state index in [1.807, 2.05) is 4.90 Å². The van der Waals surface area contributed by atoms with Gasteiger partial charge in [-0.15, -0.1) is 0 Å². The number of fused-ring (bicyclic) bond motifs is 1. The summed E-state index contributed by atoms with van der Waals surface area (Å²) in [5, 5.41) is 24.3. The van der Waals surface area contributed by atoms with Gasteiger partial charge in [0, 0.05) is 62.1 Å². The van der Waals surface area contributed by atoms with E-state index < -0.39 is 6.10 Å². The SMILES string of the molecule is Cc1cccc(N2CCN(C(=O)Cn3nc(C(=O)N4CCC(O)C(CO)C4)c4c3CCC4)CC2)c1C. The van der Waals surface area contributed by atoms with Crippen LogP contribution in [-0.2, 0) is 24.2 Å². The number of amides is 2. The first kappa shape index (κ1) is 24.8. The van der Waals surface area contributed by atoms with Crippen molar-refractivity contribution in [3.8, 4) is 0 Å². The van der Waals surface area contributed by atoms with Gasteiger partial charge in [0.1, 0.15) is 6.54 Å². The molecule has 5 rings (SSSR count). The van der Waals surface area contributed by atoms with Gasteiger partial charge in [-0.1, -0.05) is 12.1 Å². The first-order chi connectivity index (χ1) is 17.4. The number of carbonyl (C=O) groups excluding carboxylic acids is 2. The van der Waals surface area contributed by atoms with Gasteiger partial charge < -0.3 is 24.9 Å². The van der Waals surface area contributed by atoms with E-state index in [9.17, 15) is 19.8 Å². The maximum absolute atomic E-state index is 13.3. The fraction of sp³-hybridized carbons (Fsp3) is 0.593. The van der Waals surface area contributed by atoms with Crippen LogP contribution in [0.2, 0.25) is 0 Å². The normalized spacial score (nSPS) is 22.2. The Morgan fingerprint density at radius 1 is 1.06 bits per heavy atom. The molecule has 1 aromatic carbocycles. The van der Waals surface area contributed by atoms with Gasteiger partial charge in [-0.3, -0.25) is 14.3 Å². The summed E-state index contributed by atoms with van der Waals surface area (Å²) in [6, 6.07) is 6.36. The van der Waals surface area contributed by atoms with E-state index in [0.29, 0.717) is 38.3 Å². The zero-order valence-corrected chi connectivity index (χ0v) is 21.3. The van der Waals surface area contributed by atoms with E-state index in [1.54, 1.807) is 9.58 Å². The van der Waals surface area contributed by atoms with Crippen LogP contribution in [0.3, 0.4) is 0 Å². The minimum atomic E-state index is -0.588. The van der Waals surface area contributed by atoms with Gasteiger partial charge in [0.25, 0.3) is 5.91 Å². The largest absolute Gasteiger partial charge is 0.396 e.